The molecule has 1 aromatic carbocycles. The fourth-order valence-corrected chi connectivity index (χ4v) is 6.27. The summed E-state index contributed by atoms with van der Waals surface area (Å²) in [6.07, 6.45) is 8.17. The number of amides is 1. The molecule has 0 aromatic heterocycles. The summed E-state index contributed by atoms with van der Waals surface area (Å²) in [5, 5.41) is 3.02. The molecule has 4 nitrogen and oxygen atoms in total. The van der Waals surface area contributed by atoms with Crippen molar-refractivity contribution in [1.29, 1.82) is 0 Å². The number of carbonyl (C=O) groups is 2. The van der Waals surface area contributed by atoms with Crippen molar-refractivity contribution in [2.75, 3.05) is 18.1 Å². The summed E-state index contributed by atoms with van der Waals surface area (Å²) < 4.78 is 5.66. The zero-order chi connectivity index (χ0) is 18.2. The van der Waals surface area contributed by atoms with E-state index in [4.69, 9.17) is 4.74 Å². The molecule has 142 valence electrons. The maximum Gasteiger partial charge on any atom is 0.338 e. The zero-order valence-corrected chi connectivity index (χ0v) is 16.7. The number of nitrogens with one attached hydrogen (secondary N) is 1. The molecule has 3 rings (SSSR count). The summed E-state index contributed by atoms with van der Waals surface area (Å²) in [7, 11) is 0. The minimum atomic E-state index is -0.434. The van der Waals surface area contributed by atoms with Gasteiger partial charge in [-0.15, -0.1) is 23.5 Å². The molecular weight excluding hydrogens is 366 g/mol. The van der Waals surface area contributed by atoms with Crippen LogP contribution in [0.3, 0.4) is 0 Å². The highest BCUT2D eigenvalue weighted by Gasteiger charge is 2.19. The Bertz CT molecular complexity index is 592. The number of esters is 1. The maximum absolute atomic E-state index is 12.2. The number of thioether (sulfide) groups is 2. The number of rotatable bonds is 5. The predicted octanol–water partition coefficient (Wildman–Crippen LogP) is 4.55. The highest BCUT2D eigenvalue weighted by molar-refractivity contribution is 8.19. The molecule has 0 spiro atoms. The highest BCUT2D eigenvalue weighted by Crippen LogP contribution is 2.45. The van der Waals surface area contributed by atoms with E-state index in [-0.39, 0.29) is 18.6 Å². The Balaban J connectivity index is 1.43. The molecule has 2 aliphatic rings. The summed E-state index contributed by atoms with van der Waals surface area (Å²) in [6, 6.07) is 7.79. The van der Waals surface area contributed by atoms with Crippen LogP contribution in [0.15, 0.2) is 24.3 Å². The molecule has 0 radical (unpaired) electrons. The maximum atomic E-state index is 12.2. The van der Waals surface area contributed by atoms with Crippen LogP contribution in [0.25, 0.3) is 0 Å². The zero-order valence-electron chi connectivity index (χ0n) is 15.1. The minimum absolute atomic E-state index is 0.195. The lowest BCUT2D eigenvalue weighted by atomic mass is 9.97. The molecular formula is C20H27NO3S2. The van der Waals surface area contributed by atoms with E-state index >= 15 is 0 Å². The van der Waals surface area contributed by atoms with Gasteiger partial charge in [0.05, 0.1) is 10.1 Å². The van der Waals surface area contributed by atoms with Gasteiger partial charge in [0, 0.05) is 17.5 Å². The SMILES string of the molecule is O=C(COC(=O)c1ccc(C2SCCS2)cc1)NC1CCCCCCC1. The third kappa shape index (κ3) is 5.95. The number of benzene rings is 1. The largest absolute Gasteiger partial charge is 0.452 e. The van der Waals surface area contributed by atoms with Crippen molar-refractivity contribution >= 4 is 35.4 Å². The normalized spacial score (nSPS) is 19.5. The second kappa shape index (κ2) is 10.3. The van der Waals surface area contributed by atoms with E-state index < -0.39 is 5.97 Å². The number of ether oxygens (including phenoxy) is 1. The first kappa shape index (κ1) is 19.6. The standard InChI is InChI=1S/C20H27NO3S2/c22-18(21-17-6-4-2-1-3-5-7-17)14-24-19(23)15-8-10-16(11-9-15)20-25-12-13-26-20/h8-11,17,20H,1-7,12-14H2,(H,21,22). The molecule has 6 heteroatoms. The van der Waals surface area contributed by atoms with Crippen LogP contribution >= 0.6 is 23.5 Å². The van der Waals surface area contributed by atoms with Crippen LogP contribution in [0, 0.1) is 0 Å². The lowest BCUT2D eigenvalue weighted by Gasteiger charge is -2.20. The van der Waals surface area contributed by atoms with Crippen LogP contribution in [-0.4, -0.2) is 36.0 Å². The van der Waals surface area contributed by atoms with Crippen LogP contribution in [0.4, 0.5) is 0 Å². The topological polar surface area (TPSA) is 55.4 Å². The van der Waals surface area contributed by atoms with Gasteiger partial charge in [-0.3, -0.25) is 4.79 Å². The van der Waals surface area contributed by atoms with Gasteiger partial charge in [0.2, 0.25) is 0 Å². The quantitative estimate of drug-likeness (QED) is 0.744. The summed E-state index contributed by atoms with van der Waals surface area (Å²) in [5.74, 6) is 1.72. The first-order valence-corrected chi connectivity index (χ1v) is 11.6. The number of carbonyl (C=O) groups excluding carboxylic acids is 2. The average molecular weight is 394 g/mol. The van der Waals surface area contributed by atoms with Gasteiger partial charge in [0.15, 0.2) is 6.61 Å². The van der Waals surface area contributed by atoms with E-state index in [2.05, 4.69) is 5.32 Å². The molecule has 1 saturated heterocycles. The lowest BCUT2D eigenvalue weighted by Crippen LogP contribution is -2.38. The van der Waals surface area contributed by atoms with Crippen LogP contribution < -0.4 is 5.32 Å². The Morgan fingerprint density at radius 1 is 0.962 bits per heavy atom. The molecule has 1 heterocycles. The van der Waals surface area contributed by atoms with Crippen molar-refractivity contribution in [1.82, 2.24) is 5.32 Å². The monoisotopic (exact) mass is 393 g/mol. The third-order valence-corrected chi connectivity index (χ3v) is 7.95. The van der Waals surface area contributed by atoms with E-state index in [1.165, 1.54) is 36.3 Å². The summed E-state index contributed by atoms with van der Waals surface area (Å²) in [4.78, 5) is 24.2. The van der Waals surface area contributed by atoms with E-state index in [9.17, 15) is 9.59 Å². The molecule has 0 unspecified atom stereocenters. The minimum Gasteiger partial charge on any atom is -0.452 e. The first-order chi connectivity index (χ1) is 12.7. The molecule has 1 N–H and O–H groups in total. The van der Waals surface area contributed by atoms with Gasteiger partial charge in [-0.25, -0.2) is 4.79 Å². The molecule has 1 aromatic rings. The highest BCUT2D eigenvalue weighted by atomic mass is 32.2. The van der Waals surface area contributed by atoms with Gasteiger partial charge in [0.1, 0.15) is 0 Å². The number of hydrogen-bond donors (Lipinski definition) is 1. The van der Waals surface area contributed by atoms with Gasteiger partial charge >= 0.3 is 5.97 Å². The van der Waals surface area contributed by atoms with Crippen LogP contribution in [0.2, 0.25) is 0 Å². The summed E-state index contributed by atoms with van der Waals surface area (Å²) in [5.41, 5.74) is 1.73. The fraction of sp³-hybridized carbons (Fsp3) is 0.600. The Labute approximate surface area is 164 Å². The Hall–Kier alpha value is -1.14. The Morgan fingerprint density at radius 3 is 2.23 bits per heavy atom. The van der Waals surface area contributed by atoms with Crippen LogP contribution in [0.1, 0.15) is 65.4 Å². The van der Waals surface area contributed by atoms with E-state index in [1.54, 1.807) is 12.1 Å². The van der Waals surface area contributed by atoms with Crippen molar-refractivity contribution in [3.8, 4) is 0 Å². The van der Waals surface area contributed by atoms with Gasteiger partial charge < -0.3 is 10.1 Å². The Kier molecular flexibility index (Phi) is 7.74. The molecule has 1 aliphatic carbocycles. The summed E-state index contributed by atoms with van der Waals surface area (Å²) in [6.45, 7) is -0.203. The van der Waals surface area contributed by atoms with Gasteiger partial charge in [-0.05, 0) is 30.5 Å². The fourth-order valence-electron chi connectivity index (χ4n) is 3.41. The van der Waals surface area contributed by atoms with Crippen molar-refractivity contribution in [2.45, 2.75) is 55.6 Å². The molecule has 2 fully saturated rings. The second-order valence-corrected chi connectivity index (χ2v) is 9.61. The molecule has 1 saturated carbocycles. The van der Waals surface area contributed by atoms with E-state index in [1.807, 2.05) is 35.7 Å². The van der Waals surface area contributed by atoms with Gasteiger partial charge in [-0.1, -0.05) is 44.2 Å². The second-order valence-electron chi connectivity index (χ2n) is 6.88. The van der Waals surface area contributed by atoms with Gasteiger partial charge in [0.25, 0.3) is 5.91 Å². The average Bonchev–Trinajstić information content (AvgIpc) is 3.17. The van der Waals surface area contributed by atoms with Crippen molar-refractivity contribution < 1.29 is 14.3 Å². The molecule has 26 heavy (non-hydrogen) atoms. The van der Waals surface area contributed by atoms with Gasteiger partial charge in [-0.2, -0.15) is 0 Å². The first-order valence-electron chi connectivity index (χ1n) is 9.52. The molecule has 0 atom stereocenters. The predicted molar refractivity (Wildman–Crippen MR) is 109 cm³/mol. The van der Waals surface area contributed by atoms with Crippen LogP contribution in [-0.2, 0) is 9.53 Å². The molecule has 0 bridgehead atoms. The third-order valence-electron chi connectivity index (χ3n) is 4.84. The van der Waals surface area contributed by atoms with E-state index in [0.717, 1.165) is 25.7 Å². The Morgan fingerprint density at radius 2 is 1.58 bits per heavy atom. The van der Waals surface area contributed by atoms with Crippen molar-refractivity contribution in [3.63, 3.8) is 0 Å². The van der Waals surface area contributed by atoms with Crippen molar-refractivity contribution in [3.05, 3.63) is 35.4 Å². The smallest absolute Gasteiger partial charge is 0.338 e. The van der Waals surface area contributed by atoms with E-state index in [0.29, 0.717) is 10.1 Å². The van der Waals surface area contributed by atoms with Crippen LogP contribution in [0.5, 0.6) is 0 Å². The van der Waals surface area contributed by atoms with Crippen molar-refractivity contribution in [2.24, 2.45) is 0 Å². The molecule has 1 amide bonds. The number of hydrogen-bond acceptors (Lipinski definition) is 5. The molecule has 1 aliphatic heterocycles. The lowest BCUT2D eigenvalue weighted by molar-refractivity contribution is -0.125. The summed E-state index contributed by atoms with van der Waals surface area (Å²) >= 11 is 3.87.